The molecule has 0 aromatic carbocycles. The summed E-state index contributed by atoms with van der Waals surface area (Å²) < 4.78 is 0. The standard InChI is InChI=1S/C13H14O/c14-10-11-4-3-7-13(9-8-11)12-5-1-2-6-12/h1,4-5,7-10,12H,2-3,6H2/t12-/m1/s1. The fourth-order valence-electron chi connectivity index (χ4n) is 1.93. The third kappa shape index (κ3) is 1.92. The lowest BCUT2D eigenvalue weighted by Gasteiger charge is -2.07. The normalized spacial score (nSPS) is 25.6. The Labute approximate surface area is 84.5 Å². The van der Waals surface area contributed by atoms with E-state index in [1.54, 1.807) is 0 Å². The lowest BCUT2D eigenvalue weighted by atomic mass is 9.97. The maximum Gasteiger partial charge on any atom is 0.149 e. The molecule has 1 heteroatoms. The molecule has 0 aliphatic heterocycles. The SMILES string of the molecule is O=CC1=CCC=C([C@@H]2C=CCC2)C=C1. The zero-order valence-electron chi connectivity index (χ0n) is 8.15. The van der Waals surface area contributed by atoms with Crippen molar-refractivity contribution >= 4 is 6.29 Å². The molecule has 0 fully saturated rings. The summed E-state index contributed by atoms with van der Waals surface area (Å²) in [5.41, 5.74) is 2.14. The van der Waals surface area contributed by atoms with Crippen LogP contribution in [0.25, 0.3) is 0 Å². The molecule has 1 atom stereocenters. The average Bonchev–Trinajstić information content (AvgIpc) is 2.63. The van der Waals surface area contributed by atoms with Crippen LogP contribution in [0.5, 0.6) is 0 Å². The molecule has 0 aromatic rings. The van der Waals surface area contributed by atoms with Crippen LogP contribution >= 0.6 is 0 Å². The van der Waals surface area contributed by atoms with Crippen LogP contribution in [0.4, 0.5) is 0 Å². The van der Waals surface area contributed by atoms with E-state index >= 15 is 0 Å². The van der Waals surface area contributed by atoms with Gasteiger partial charge >= 0.3 is 0 Å². The Kier molecular flexibility index (Phi) is 2.78. The zero-order valence-corrected chi connectivity index (χ0v) is 8.15. The topological polar surface area (TPSA) is 17.1 Å². The predicted molar refractivity (Wildman–Crippen MR) is 57.9 cm³/mol. The number of allylic oxidation sites excluding steroid dienone is 8. The van der Waals surface area contributed by atoms with E-state index in [1.165, 1.54) is 18.4 Å². The highest BCUT2D eigenvalue weighted by atomic mass is 16.1. The minimum Gasteiger partial charge on any atom is -0.298 e. The first kappa shape index (κ1) is 9.20. The summed E-state index contributed by atoms with van der Waals surface area (Å²) in [6, 6.07) is 0. The highest BCUT2D eigenvalue weighted by Gasteiger charge is 2.12. The van der Waals surface area contributed by atoms with Gasteiger partial charge in [0, 0.05) is 11.5 Å². The molecular weight excluding hydrogens is 172 g/mol. The minimum atomic E-state index is 0.575. The van der Waals surface area contributed by atoms with Crippen molar-refractivity contribution < 1.29 is 4.79 Å². The van der Waals surface area contributed by atoms with Crippen LogP contribution < -0.4 is 0 Å². The number of carbonyl (C=O) groups excluding carboxylic acids is 1. The van der Waals surface area contributed by atoms with Gasteiger partial charge in [0.15, 0.2) is 0 Å². The van der Waals surface area contributed by atoms with Gasteiger partial charge in [0.2, 0.25) is 0 Å². The first-order valence-corrected chi connectivity index (χ1v) is 5.10. The van der Waals surface area contributed by atoms with Crippen molar-refractivity contribution in [3.8, 4) is 0 Å². The van der Waals surface area contributed by atoms with Crippen LogP contribution in [-0.4, -0.2) is 6.29 Å². The van der Waals surface area contributed by atoms with E-state index < -0.39 is 0 Å². The molecule has 0 bridgehead atoms. The Morgan fingerprint density at radius 2 is 2.21 bits per heavy atom. The third-order valence-corrected chi connectivity index (χ3v) is 2.75. The first-order chi connectivity index (χ1) is 6.90. The number of rotatable bonds is 2. The van der Waals surface area contributed by atoms with Crippen LogP contribution in [0.1, 0.15) is 19.3 Å². The molecule has 0 saturated carbocycles. The predicted octanol–water partition coefficient (Wildman–Crippen LogP) is 2.96. The molecule has 0 amide bonds. The van der Waals surface area contributed by atoms with E-state index in [2.05, 4.69) is 24.3 Å². The van der Waals surface area contributed by atoms with Crippen LogP contribution in [-0.2, 0) is 4.79 Å². The lowest BCUT2D eigenvalue weighted by molar-refractivity contribution is -0.104. The monoisotopic (exact) mass is 186 g/mol. The van der Waals surface area contributed by atoms with Crippen molar-refractivity contribution in [1.29, 1.82) is 0 Å². The molecule has 0 saturated heterocycles. The summed E-state index contributed by atoms with van der Waals surface area (Å²) in [5.74, 6) is 0.575. The molecule has 0 spiro atoms. The van der Waals surface area contributed by atoms with E-state index in [4.69, 9.17) is 0 Å². The molecule has 0 aromatic heterocycles. The second-order valence-electron chi connectivity index (χ2n) is 3.71. The quantitative estimate of drug-likeness (QED) is 0.478. The highest BCUT2D eigenvalue weighted by Crippen LogP contribution is 2.27. The summed E-state index contributed by atoms with van der Waals surface area (Å²) in [7, 11) is 0. The first-order valence-electron chi connectivity index (χ1n) is 5.10. The maximum absolute atomic E-state index is 10.6. The Balaban J connectivity index is 2.12. The Hall–Kier alpha value is -1.37. The van der Waals surface area contributed by atoms with Gasteiger partial charge in [-0.15, -0.1) is 0 Å². The van der Waals surface area contributed by atoms with Crippen molar-refractivity contribution in [3.63, 3.8) is 0 Å². The number of hydrogen-bond donors (Lipinski definition) is 0. The largest absolute Gasteiger partial charge is 0.298 e. The van der Waals surface area contributed by atoms with Crippen molar-refractivity contribution in [1.82, 2.24) is 0 Å². The van der Waals surface area contributed by atoms with E-state index in [0.717, 1.165) is 18.3 Å². The molecule has 0 N–H and O–H groups in total. The zero-order chi connectivity index (χ0) is 9.80. The fourth-order valence-corrected chi connectivity index (χ4v) is 1.93. The molecular formula is C13H14O. The Morgan fingerprint density at radius 3 is 2.93 bits per heavy atom. The lowest BCUT2D eigenvalue weighted by Crippen LogP contribution is -1.94. The maximum atomic E-state index is 10.6. The fraction of sp³-hybridized carbons (Fsp3) is 0.308. The van der Waals surface area contributed by atoms with Gasteiger partial charge in [-0.3, -0.25) is 4.79 Å². The molecule has 2 aliphatic rings. The summed E-state index contributed by atoms with van der Waals surface area (Å²) in [6.07, 6.45) is 16.9. The van der Waals surface area contributed by atoms with Crippen LogP contribution in [0, 0.1) is 5.92 Å². The van der Waals surface area contributed by atoms with E-state index in [9.17, 15) is 4.79 Å². The van der Waals surface area contributed by atoms with Crippen molar-refractivity contribution in [2.45, 2.75) is 19.3 Å². The summed E-state index contributed by atoms with van der Waals surface area (Å²) in [5, 5.41) is 0. The van der Waals surface area contributed by atoms with Crippen LogP contribution in [0.3, 0.4) is 0 Å². The van der Waals surface area contributed by atoms with Gasteiger partial charge in [0.05, 0.1) is 0 Å². The van der Waals surface area contributed by atoms with Crippen molar-refractivity contribution in [2.75, 3.05) is 0 Å². The van der Waals surface area contributed by atoms with Crippen molar-refractivity contribution in [2.24, 2.45) is 5.92 Å². The second kappa shape index (κ2) is 4.23. The van der Waals surface area contributed by atoms with Gasteiger partial charge in [-0.2, -0.15) is 0 Å². The smallest absolute Gasteiger partial charge is 0.149 e. The van der Waals surface area contributed by atoms with Gasteiger partial charge in [0.1, 0.15) is 6.29 Å². The second-order valence-corrected chi connectivity index (χ2v) is 3.71. The van der Waals surface area contributed by atoms with Crippen LogP contribution in [0.2, 0.25) is 0 Å². The summed E-state index contributed by atoms with van der Waals surface area (Å²) in [6.45, 7) is 0. The number of hydrogen-bond acceptors (Lipinski definition) is 1. The van der Waals surface area contributed by atoms with Gasteiger partial charge in [-0.25, -0.2) is 0 Å². The summed E-state index contributed by atoms with van der Waals surface area (Å²) in [4.78, 5) is 10.6. The van der Waals surface area contributed by atoms with Gasteiger partial charge in [-0.1, -0.05) is 36.5 Å². The van der Waals surface area contributed by atoms with E-state index in [1.807, 2.05) is 12.2 Å². The molecule has 14 heavy (non-hydrogen) atoms. The van der Waals surface area contributed by atoms with Gasteiger partial charge in [-0.05, 0) is 24.8 Å². The molecule has 72 valence electrons. The molecule has 0 heterocycles. The van der Waals surface area contributed by atoms with E-state index in [-0.39, 0.29) is 0 Å². The third-order valence-electron chi connectivity index (χ3n) is 2.75. The number of carbonyl (C=O) groups is 1. The molecule has 2 rings (SSSR count). The summed E-state index contributed by atoms with van der Waals surface area (Å²) >= 11 is 0. The molecule has 1 nitrogen and oxygen atoms in total. The molecule has 2 aliphatic carbocycles. The number of aldehydes is 1. The van der Waals surface area contributed by atoms with Crippen molar-refractivity contribution in [3.05, 3.63) is 47.6 Å². The minimum absolute atomic E-state index is 0.575. The van der Waals surface area contributed by atoms with Gasteiger partial charge in [0.25, 0.3) is 0 Å². The Bertz CT molecular complexity index is 342. The molecule has 0 radical (unpaired) electrons. The van der Waals surface area contributed by atoms with Gasteiger partial charge < -0.3 is 0 Å². The molecule has 0 unspecified atom stereocenters. The highest BCUT2D eigenvalue weighted by molar-refractivity contribution is 5.78. The Morgan fingerprint density at radius 1 is 1.29 bits per heavy atom. The van der Waals surface area contributed by atoms with Crippen LogP contribution in [0.15, 0.2) is 47.6 Å². The van der Waals surface area contributed by atoms with E-state index in [0.29, 0.717) is 5.92 Å². The average molecular weight is 186 g/mol.